The molecule has 1 aliphatic heterocycles. The largest absolute Gasteiger partial charge is 0.352 e. The van der Waals surface area contributed by atoms with Gasteiger partial charge in [0.05, 0.1) is 5.69 Å². The van der Waals surface area contributed by atoms with E-state index in [0.717, 1.165) is 25.2 Å². The van der Waals surface area contributed by atoms with Gasteiger partial charge < -0.3 is 10.6 Å². The number of aromatic nitrogens is 2. The lowest BCUT2D eigenvalue weighted by molar-refractivity contribution is -0.119. The van der Waals surface area contributed by atoms with Crippen LogP contribution in [0.2, 0.25) is 0 Å². The van der Waals surface area contributed by atoms with Gasteiger partial charge in [-0.05, 0) is 24.1 Å². The van der Waals surface area contributed by atoms with E-state index in [9.17, 15) is 4.79 Å². The van der Waals surface area contributed by atoms with Crippen LogP contribution in [0.5, 0.6) is 0 Å². The second-order valence-electron chi connectivity index (χ2n) is 5.01. The zero-order valence-electron chi connectivity index (χ0n) is 11.2. The molecular weight excluding hydrogens is 252 g/mol. The Bertz CT molecular complexity index is 579. The van der Waals surface area contributed by atoms with Gasteiger partial charge in [-0.3, -0.25) is 4.79 Å². The van der Waals surface area contributed by atoms with Gasteiger partial charge >= 0.3 is 0 Å². The fraction of sp³-hybridized carbons (Fsp3) is 0.333. The molecular formula is C15H18N4O. The van der Waals surface area contributed by atoms with Crippen molar-refractivity contribution in [2.75, 3.05) is 6.54 Å². The van der Waals surface area contributed by atoms with Crippen molar-refractivity contribution < 1.29 is 4.79 Å². The van der Waals surface area contributed by atoms with Crippen LogP contribution < -0.4 is 10.6 Å². The van der Waals surface area contributed by atoms with E-state index in [2.05, 4.69) is 27.9 Å². The average molecular weight is 270 g/mol. The number of hydrogen-bond donors (Lipinski definition) is 2. The lowest BCUT2D eigenvalue weighted by Gasteiger charge is -2.13. The minimum absolute atomic E-state index is 0.161. The van der Waals surface area contributed by atoms with E-state index >= 15 is 0 Å². The van der Waals surface area contributed by atoms with Crippen molar-refractivity contribution in [3.05, 3.63) is 48.3 Å². The average Bonchev–Trinajstić information content (AvgIpc) is 3.11. The predicted octanol–water partition coefficient (Wildman–Crippen LogP) is 1.24. The summed E-state index contributed by atoms with van der Waals surface area (Å²) in [5.41, 5.74) is 2.28. The number of benzene rings is 1. The Morgan fingerprint density at radius 1 is 1.35 bits per heavy atom. The van der Waals surface area contributed by atoms with Crippen molar-refractivity contribution >= 4 is 5.91 Å². The fourth-order valence-electron chi connectivity index (χ4n) is 2.51. The molecule has 2 heterocycles. The van der Waals surface area contributed by atoms with Crippen LogP contribution in [0.1, 0.15) is 18.4 Å². The number of para-hydroxylation sites is 1. The van der Waals surface area contributed by atoms with Crippen LogP contribution in [0.15, 0.2) is 42.7 Å². The van der Waals surface area contributed by atoms with E-state index in [1.54, 1.807) is 6.20 Å². The van der Waals surface area contributed by atoms with Crippen LogP contribution in [0.4, 0.5) is 0 Å². The number of hydrogen-bond acceptors (Lipinski definition) is 3. The third-order valence-corrected chi connectivity index (χ3v) is 3.53. The quantitative estimate of drug-likeness (QED) is 0.859. The van der Waals surface area contributed by atoms with E-state index in [1.165, 1.54) is 5.56 Å². The molecule has 1 unspecified atom stereocenters. The first-order chi connectivity index (χ1) is 9.83. The molecule has 2 aromatic rings. The van der Waals surface area contributed by atoms with Gasteiger partial charge in [0.2, 0.25) is 5.91 Å². The fourth-order valence-corrected chi connectivity index (χ4v) is 2.51. The summed E-state index contributed by atoms with van der Waals surface area (Å²) in [6, 6.07) is 10.4. The molecule has 0 saturated carbocycles. The summed E-state index contributed by atoms with van der Waals surface area (Å²) in [6.45, 7) is 1.57. The summed E-state index contributed by atoms with van der Waals surface area (Å²) < 4.78 is 1.87. The molecule has 20 heavy (non-hydrogen) atoms. The Morgan fingerprint density at radius 3 is 3.00 bits per heavy atom. The first-order valence-corrected chi connectivity index (χ1v) is 6.91. The summed E-state index contributed by atoms with van der Waals surface area (Å²) in [4.78, 5) is 11.1. The number of carbonyl (C=O) groups excluding carboxylic acids is 1. The zero-order chi connectivity index (χ0) is 13.8. The summed E-state index contributed by atoms with van der Waals surface area (Å²) in [7, 11) is 0. The Balaban J connectivity index is 1.62. The van der Waals surface area contributed by atoms with Gasteiger partial charge in [0, 0.05) is 37.9 Å². The highest BCUT2D eigenvalue weighted by atomic mass is 16.1. The van der Waals surface area contributed by atoms with Gasteiger partial charge in [-0.1, -0.05) is 18.2 Å². The van der Waals surface area contributed by atoms with Gasteiger partial charge in [-0.2, -0.15) is 5.10 Å². The maximum atomic E-state index is 11.1. The van der Waals surface area contributed by atoms with Crippen molar-refractivity contribution in [3.8, 4) is 5.69 Å². The number of amides is 1. The SMILES string of the molecule is O=C1CCC(CNCc2ccccc2-n2cccn2)N1. The van der Waals surface area contributed by atoms with E-state index in [-0.39, 0.29) is 11.9 Å². The van der Waals surface area contributed by atoms with E-state index in [4.69, 9.17) is 0 Å². The monoisotopic (exact) mass is 270 g/mol. The number of rotatable bonds is 5. The Labute approximate surface area is 118 Å². The van der Waals surface area contributed by atoms with Gasteiger partial charge in [-0.15, -0.1) is 0 Å². The first-order valence-electron chi connectivity index (χ1n) is 6.91. The molecule has 5 nitrogen and oxygen atoms in total. The third kappa shape index (κ3) is 2.88. The van der Waals surface area contributed by atoms with Crippen LogP contribution in [0.3, 0.4) is 0 Å². The molecule has 1 saturated heterocycles. The molecule has 1 aromatic carbocycles. The Kier molecular flexibility index (Phi) is 3.78. The van der Waals surface area contributed by atoms with Gasteiger partial charge in [0.1, 0.15) is 0 Å². The van der Waals surface area contributed by atoms with Crippen LogP contribution >= 0.6 is 0 Å². The predicted molar refractivity (Wildman–Crippen MR) is 76.4 cm³/mol. The molecule has 1 aliphatic rings. The van der Waals surface area contributed by atoms with Gasteiger partial charge in [-0.25, -0.2) is 4.68 Å². The smallest absolute Gasteiger partial charge is 0.220 e. The molecule has 104 valence electrons. The van der Waals surface area contributed by atoms with Crippen molar-refractivity contribution in [1.82, 2.24) is 20.4 Å². The number of nitrogens with one attached hydrogen (secondary N) is 2. The van der Waals surface area contributed by atoms with E-state index in [0.29, 0.717) is 6.42 Å². The molecule has 0 radical (unpaired) electrons. The first kappa shape index (κ1) is 12.9. The molecule has 2 N–H and O–H groups in total. The molecule has 1 atom stereocenters. The van der Waals surface area contributed by atoms with Gasteiger partial charge in [0.15, 0.2) is 0 Å². The zero-order valence-corrected chi connectivity index (χ0v) is 11.2. The number of nitrogens with zero attached hydrogens (tertiary/aromatic N) is 2. The minimum Gasteiger partial charge on any atom is -0.352 e. The highest BCUT2D eigenvalue weighted by Gasteiger charge is 2.19. The molecule has 0 spiro atoms. The topological polar surface area (TPSA) is 59.0 Å². The maximum absolute atomic E-state index is 11.1. The second-order valence-corrected chi connectivity index (χ2v) is 5.01. The normalized spacial score (nSPS) is 18.2. The summed E-state index contributed by atoms with van der Waals surface area (Å²) in [5, 5.41) is 10.6. The van der Waals surface area contributed by atoms with Crippen LogP contribution in [0, 0.1) is 0 Å². The van der Waals surface area contributed by atoms with E-state index in [1.807, 2.05) is 29.1 Å². The standard InChI is InChI=1S/C15H18N4O/c20-15-7-6-13(18-15)11-16-10-12-4-1-2-5-14(12)19-9-3-8-17-19/h1-5,8-9,13,16H,6-7,10-11H2,(H,18,20). The van der Waals surface area contributed by atoms with Crippen LogP contribution in [0.25, 0.3) is 5.69 Å². The Hall–Kier alpha value is -2.14. The van der Waals surface area contributed by atoms with Crippen LogP contribution in [-0.2, 0) is 11.3 Å². The maximum Gasteiger partial charge on any atom is 0.220 e. The molecule has 5 heteroatoms. The van der Waals surface area contributed by atoms with Crippen molar-refractivity contribution in [2.45, 2.75) is 25.4 Å². The van der Waals surface area contributed by atoms with Gasteiger partial charge in [0.25, 0.3) is 0 Å². The lowest BCUT2D eigenvalue weighted by atomic mass is 10.1. The third-order valence-electron chi connectivity index (χ3n) is 3.53. The molecule has 1 amide bonds. The molecule has 0 bridgehead atoms. The highest BCUT2D eigenvalue weighted by Crippen LogP contribution is 2.13. The summed E-state index contributed by atoms with van der Waals surface area (Å²) >= 11 is 0. The molecule has 3 rings (SSSR count). The molecule has 1 fully saturated rings. The van der Waals surface area contributed by atoms with E-state index < -0.39 is 0 Å². The number of carbonyl (C=O) groups is 1. The van der Waals surface area contributed by atoms with Crippen molar-refractivity contribution in [1.29, 1.82) is 0 Å². The summed E-state index contributed by atoms with van der Waals surface area (Å²) in [5.74, 6) is 0.161. The van der Waals surface area contributed by atoms with Crippen molar-refractivity contribution in [3.63, 3.8) is 0 Å². The lowest BCUT2D eigenvalue weighted by Crippen LogP contribution is -2.35. The molecule has 0 aliphatic carbocycles. The second kappa shape index (κ2) is 5.88. The summed E-state index contributed by atoms with van der Waals surface area (Å²) in [6.07, 6.45) is 5.29. The van der Waals surface area contributed by atoms with Crippen molar-refractivity contribution in [2.24, 2.45) is 0 Å². The minimum atomic E-state index is 0.161. The molecule has 1 aromatic heterocycles. The van der Waals surface area contributed by atoms with Crippen LogP contribution in [-0.4, -0.2) is 28.3 Å². The Morgan fingerprint density at radius 2 is 2.25 bits per heavy atom. The highest BCUT2D eigenvalue weighted by molar-refractivity contribution is 5.78.